The monoisotopic (exact) mass is 337 g/mol. The molecule has 24 heavy (non-hydrogen) atoms. The van der Waals surface area contributed by atoms with Crippen molar-refractivity contribution in [1.82, 2.24) is 10.2 Å². The maximum Gasteiger partial charge on any atom is 0.310 e. The third kappa shape index (κ3) is 2.79. The maximum absolute atomic E-state index is 11.9. The molecule has 0 aromatic heterocycles. The van der Waals surface area contributed by atoms with Gasteiger partial charge in [0.2, 0.25) is 0 Å². The number of carbonyl (C=O) groups excluding carboxylic acids is 1. The number of aliphatic imine (C=N–C) groups is 1. The van der Waals surface area contributed by atoms with E-state index in [1.54, 1.807) is 0 Å². The Labute approximate surface area is 145 Å². The number of methoxy groups -OCH3 is 1. The molecule has 1 aliphatic heterocycles. The van der Waals surface area contributed by atoms with Crippen LogP contribution in [0.4, 0.5) is 0 Å². The van der Waals surface area contributed by atoms with Crippen molar-refractivity contribution in [3.63, 3.8) is 0 Å². The molecule has 2 saturated carbocycles. The number of rotatable bonds is 4. The number of carbonyl (C=O) groups is 1. The maximum atomic E-state index is 11.9. The Balaban J connectivity index is 1.61. The predicted molar refractivity (Wildman–Crippen MR) is 92.8 cm³/mol. The molecule has 3 fully saturated rings. The number of ether oxygens (including phenoxy) is 2. The molecule has 1 N–H and O–H groups in total. The zero-order valence-corrected chi connectivity index (χ0v) is 15.4. The molecule has 1 spiro atoms. The van der Waals surface area contributed by atoms with E-state index in [0.29, 0.717) is 24.1 Å². The van der Waals surface area contributed by atoms with Gasteiger partial charge in [0.25, 0.3) is 0 Å². The first-order valence-corrected chi connectivity index (χ1v) is 9.23. The lowest BCUT2D eigenvalue weighted by atomic mass is 9.51. The summed E-state index contributed by atoms with van der Waals surface area (Å²) in [4.78, 5) is 18.6. The topological polar surface area (TPSA) is 63.2 Å². The second kappa shape index (κ2) is 6.90. The summed E-state index contributed by atoms with van der Waals surface area (Å²) in [7, 11) is 3.29. The standard InChI is InChI=1S/C18H31N3O3/c1-5-24-15-9-14(18(15)7-6-8-18)20-17(19-3)21-10-12(2)13(11-21)16(22)23-4/h12-15H,5-11H2,1-4H3,(H,19,20). The fraction of sp³-hybridized carbons (Fsp3) is 0.889. The molecule has 4 unspecified atom stereocenters. The van der Waals surface area contributed by atoms with Gasteiger partial charge >= 0.3 is 5.97 Å². The van der Waals surface area contributed by atoms with Gasteiger partial charge in [-0.2, -0.15) is 0 Å². The minimum absolute atomic E-state index is 0.0659. The summed E-state index contributed by atoms with van der Waals surface area (Å²) in [5.41, 5.74) is 0.305. The lowest BCUT2D eigenvalue weighted by Gasteiger charge is -2.61. The Morgan fingerprint density at radius 2 is 2.12 bits per heavy atom. The smallest absolute Gasteiger partial charge is 0.310 e. The van der Waals surface area contributed by atoms with Crippen LogP contribution in [0.1, 0.15) is 39.5 Å². The largest absolute Gasteiger partial charge is 0.469 e. The van der Waals surface area contributed by atoms with Crippen LogP contribution in [0, 0.1) is 17.3 Å². The molecule has 0 bridgehead atoms. The average molecular weight is 337 g/mol. The van der Waals surface area contributed by atoms with Gasteiger partial charge in [-0.25, -0.2) is 0 Å². The molecule has 136 valence electrons. The Morgan fingerprint density at radius 3 is 2.67 bits per heavy atom. The lowest BCUT2D eigenvalue weighted by Crippen LogP contribution is -2.68. The predicted octanol–water partition coefficient (Wildman–Crippen LogP) is 1.65. The van der Waals surface area contributed by atoms with E-state index in [2.05, 4.69) is 29.1 Å². The first-order valence-electron chi connectivity index (χ1n) is 9.23. The molecule has 3 rings (SSSR count). The summed E-state index contributed by atoms with van der Waals surface area (Å²) in [6.07, 6.45) is 5.23. The summed E-state index contributed by atoms with van der Waals surface area (Å²) < 4.78 is 10.9. The fourth-order valence-corrected chi connectivity index (χ4v) is 4.69. The highest BCUT2D eigenvalue weighted by atomic mass is 16.5. The van der Waals surface area contributed by atoms with Gasteiger partial charge in [0, 0.05) is 38.2 Å². The number of nitrogens with one attached hydrogen (secondary N) is 1. The molecular formula is C18H31N3O3. The van der Waals surface area contributed by atoms with Crippen molar-refractivity contribution in [2.24, 2.45) is 22.2 Å². The van der Waals surface area contributed by atoms with Crippen LogP contribution in [0.25, 0.3) is 0 Å². The van der Waals surface area contributed by atoms with E-state index < -0.39 is 0 Å². The lowest BCUT2D eigenvalue weighted by molar-refractivity contribution is -0.168. The number of hydrogen-bond donors (Lipinski definition) is 1. The second-order valence-electron chi connectivity index (χ2n) is 7.52. The van der Waals surface area contributed by atoms with Crippen molar-refractivity contribution in [3.8, 4) is 0 Å². The molecule has 4 atom stereocenters. The average Bonchev–Trinajstić information content (AvgIpc) is 2.89. The molecule has 6 nitrogen and oxygen atoms in total. The highest BCUT2D eigenvalue weighted by Crippen LogP contribution is 2.57. The molecule has 0 radical (unpaired) electrons. The van der Waals surface area contributed by atoms with Gasteiger partial charge in [0.1, 0.15) is 0 Å². The molecule has 3 aliphatic rings. The molecule has 0 aromatic carbocycles. The highest BCUT2D eigenvalue weighted by Gasteiger charge is 2.59. The zero-order chi connectivity index (χ0) is 17.3. The van der Waals surface area contributed by atoms with Crippen LogP contribution in [0.5, 0.6) is 0 Å². The SMILES string of the molecule is CCOC1CC(NC(=NC)N2CC(C)C(C(=O)OC)C2)C12CCC2. The molecule has 2 aliphatic carbocycles. The highest BCUT2D eigenvalue weighted by molar-refractivity contribution is 5.82. The molecule has 1 saturated heterocycles. The quantitative estimate of drug-likeness (QED) is 0.480. The van der Waals surface area contributed by atoms with E-state index in [-0.39, 0.29) is 17.8 Å². The number of likely N-dealkylation sites (tertiary alicyclic amines) is 1. The fourth-order valence-electron chi connectivity index (χ4n) is 4.69. The third-order valence-electron chi connectivity index (χ3n) is 6.37. The summed E-state index contributed by atoms with van der Waals surface area (Å²) >= 11 is 0. The minimum Gasteiger partial charge on any atom is -0.469 e. The normalized spacial score (nSPS) is 34.7. The van der Waals surface area contributed by atoms with Crippen LogP contribution in [0.2, 0.25) is 0 Å². The first kappa shape index (κ1) is 17.5. The van der Waals surface area contributed by atoms with E-state index in [9.17, 15) is 4.79 Å². The Hall–Kier alpha value is -1.30. The van der Waals surface area contributed by atoms with E-state index in [1.807, 2.05) is 7.05 Å². The van der Waals surface area contributed by atoms with Crippen molar-refractivity contribution in [2.75, 3.05) is 33.9 Å². The second-order valence-corrected chi connectivity index (χ2v) is 7.52. The molecule has 6 heteroatoms. The summed E-state index contributed by atoms with van der Waals surface area (Å²) in [6, 6.07) is 0.439. The van der Waals surface area contributed by atoms with E-state index in [4.69, 9.17) is 9.47 Å². The number of hydrogen-bond acceptors (Lipinski definition) is 4. The number of nitrogens with zero attached hydrogens (tertiary/aromatic N) is 2. The molecular weight excluding hydrogens is 306 g/mol. The van der Waals surface area contributed by atoms with Gasteiger partial charge in [-0.15, -0.1) is 0 Å². The summed E-state index contributed by atoms with van der Waals surface area (Å²) in [5.74, 6) is 1.02. The van der Waals surface area contributed by atoms with Crippen molar-refractivity contribution < 1.29 is 14.3 Å². The van der Waals surface area contributed by atoms with Crippen molar-refractivity contribution in [2.45, 2.75) is 51.7 Å². The number of esters is 1. The summed E-state index contributed by atoms with van der Waals surface area (Å²) in [5, 5.41) is 3.67. The third-order valence-corrected chi connectivity index (χ3v) is 6.37. The minimum atomic E-state index is -0.115. The van der Waals surface area contributed by atoms with Crippen LogP contribution in [0.15, 0.2) is 4.99 Å². The van der Waals surface area contributed by atoms with E-state index >= 15 is 0 Å². The van der Waals surface area contributed by atoms with Crippen LogP contribution in [-0.4, -0.2) is 62.8 Å². The van der Waals surface area contributed by atoms with Crippen molar-refractivity contribution >= 4 is 11.9 Å². The Kier molecular flexibility index (Phi) is 5.04. The van der Waals surface area contributed by atoms with Gasteiger partial charge in [0.05, 0.1) is 19.1 Å². The van der Waals surface area contributed by atoms with Crippen molar-refractivity contribution in [1.29, 1.82) is 0 Å². The molecule has 1 heterocycles. The van der Waals surface area contributed by atoms with E-state index in [1.165, 1.54) is 26.4 Å². The molecule has 0 aromatic rings. The van der Waals surface area contributed by atoms with Gasteiger partial charge in [-0.05, 0) is 32.1 Å². The van der Waals surface area contributed by atoms with Crippen LogP contribution in [0.3, 0.4) is 0 Å². The Bertz CT molecular complexity index is 504. The molecule has 0 amide bonds. The van der Waals surface area contributed by atoms with Gasteiger partial charge in [-0.1, -0.05) is 13.3 Å². The zero-order valence-electron chi connectivity index (χ0n) is 15.4. The van der Waals surface area contributed by atoms with Gasteiger partial charge < -0.3 is 19.7 Å². The van der Waals surface area contributed by atoms with Gasteiger partial charge in [-0.3, -0.25) is 9.79 Å². The summed E-state index contributed by atoms with van der Waals surface area (Å²) in [6.45, 7) is 6.50. The first-order chi connectivity index (χ1) is 11.6. The Morgan fingerprint density at radius 1 is 1.38 bits per heavy atom. The van der Waals surface area contributed by atoms with Gasteiger partial charge in [0.15, 0.2) is 5.96 Å². The van der Waals surface area contributed by atoms with Crippen molar-refractivity contribution in [3.05, 3.63) is 0 Å². The van der Waals surface area contributed by atoms with Crippen LogP contribution in [-0.2, 0) is 14.3 Å². The van der Waals surface area contributed by atoms with E-state index in [0.717, 1.165) is 25.5 Å². The van der Waals surface area contributed by atoms with Crippen LogP contribution < -0.4 is 5.32 Å². The number of guanidine groups is 1. The van der Waals surface area contributed by atoms with Crippen LogP contribution >= 0.6 is 0 Å².